The molecule has 1 N–H and O–H groups in total. The van der Waals surface area contributed by atoms with Crippen LogP contribution in [0.4, 0.5) is 10.1 Å². The van der Waals surface area contributed by atoms with E-state index in [0.29, 0.717) is 17.7 Å². The Morgan fingerprint density at radius 1 is 1.64 bits per heavy atom. The molecule has 1 rings (SSSR count). The van der Waals surface area contributed by atoms with E-state index < -0.39 is 5.82 Å². The molecular formula is C9H6BrFN2O. The van der Waals surface area contributed by atoms with E-state index in [-0.39, 0.29) is 10.9 Å². The van der Waals surface area contributed by atoms with E-state index in [2.05, 4.69) is 21.2 Å². The summed E-state index contributed by atoms with van der Waals surface area (Å²) in [6.07, 6.45) is 0.543. The molecule has 0 aliphatic carbocycles. The SMILES string of the molecule is N#CCc1cc(F)c(Br)cc1NC=O. The van der Waals surface area contributed by atoms with Gasteiger partial charge in [-0.2, -0.15) is 5.26 Å². The van der Waals surface area contributed by atoms with Crippen LogP contribution in [0.1, 0.15) is 5.56 Å². The number of nitriles is 1. The first kappa shape index (κ1) is 10.7. The summed E-state index contributed by atoms with van der Waals surface area (Å²) in [5, 5.41) is 10.9. The van der Waals surface area contributed by atoms with Crippen molar-refractivity contribution < 1.29 is 9.18 Å². The second-order valence-corrected chi connectivity index (χ2v) is 3.37. The highest BCUT2D eigenvalue weighted by molar-refractivity contribution is 9.10. The predicted molar refractivity (Wildman–Crippen MR) is 53.1 cm³/mol. The van der Waals surface area contributed by atoms with Gasteiger partial charge in [0, 0.05) is 5.69 Å². The molecule has 0 aliphatic heterocycles. The van der Waals surface area contributed by atoms with Crippen molar-refractivity contribution in [2.75, 3.05) is 5.32 Å². The maximum absolute atomic E-state index is 13.1. The van der Waals surface area contributed by atoms with Gasteiger partial charge < -0.3 is 5.32 Å². The number of hydrogen-bond donors (Lipinski definition) is 1. The summed E-state index contributed by atoms with van der Waals surface area (Å²) >= 11 is 2.99. The van der Waals surface area contributed by atoms with Crippen molar-refractivity contribution in [2.24, 2.45) is 0 Å². The van der Waals surface area contributed by atoms with Crippen molar-refractivity contribution in [2.45, 2.75) is 6.42 Å². The fourth-order valence-electron chi connectivity index (χ4n) is 1.02. The van der Waals surface area contributed by atoms with Gasteiger partial charge in [0.25, 0.3) is 0 Å². The second kappa shape index (κ2) is 4.72. The van der Waals surface area contributed by atoms with Gasteiger partial charge in [0.15, 0.2) is 0 Å². The molecule has 3 nitrogen and oxygen atoms in total. The lowest BCUT2D eigenvalue weighted by Gasteiger charge is -2.06. The van der Waals surface area contributed by atoms with Crippen LogP contribution in [0.3, 0.4) is 0 Å². The van der Waals surface area contributed by atoms with Crippen molar-refractivity contribution in [1.29, 1.82) is 5.26 Å². The van der Waals surface area contributed by atoms with Crippen molar-refractivity contribution in [3.05, 3.63) is 28.0 Å². The van der Waals surface area contributed by atoms with E-state index in [4.69, 9.17) is 5.26 Å². The molecule has 0 aliphatic rings. The summed E-state index contributed by atoms with van der Waals surface area (Å²) in [7, 11) is 0. The van der Waals surface area contributed by atoms with Gasteiger partial charge in [-0.15, -0.1) is 0 Å². The summed E-state index contributed by atoms with van der Waals surface area (Å²) in [5.74, 6) is -0.452. The molecular weight excluding hydrogens is 251 g/mol. The third-order valence-corrected chi connectivity index (χ3v) is 2.24. The third-order valence-electron chi connectivity index (χ3n) is 1.63. The Morgan fingerprint density at radius 2 is 2.36 bits per heavy atom. The predicted octanol–water partition coefficient (Wildman–Crippen LogP) is 2.22. The normalized spacial score (nSPS) is 9.21. The fraction of sp³-hybridized carbons (Fsp3) is 0.111. The van der Waals surface area contributed by atoms with E-state index in [1.54, 1.807) is 0 Å². The number of carbonyl (C=O) groups excluding carboxylic acids is 1. The zero-order valence-electron chi connectivity index (χ0n) is 7.05. The molecule has 0 unspecified atom stereocenters. The summed E-state index contributed by atoms with van der Waals surface area (Å²) in [5.41, 5.74) is 0.898. The lowest BCUT2D eigenvalue weighted by atomic mass is 10.1. The topological polar surface area (TPSA) is 52.9 Å². The van der Waals surface area contributed by atoms with Gasteiger partial charge in [0.2, 0.25) is 6.41 Å². The molecule has 0 spiro atoms. The Hall–Kier alpha value is -1.41. The molecule has 0 bridgehead atoms. The second-order valence-electron chi connectivity index (χ2n) is 2.52. The number of carbonyl (C=O) groups is 1. The number of anilines is 1. The Bertz CT molecular complexity index is 401. The van der Waals surface area contributed by atoms with Crippen LogP contribution < -0.4 is 5.32 Å². The smallest absolute Gasteiger partial charge is 0.211 e. The Labute approximate surface area is 88.7 Å². The highest BCUT2D eigenvalue weighted by Crippen LogP contribution is 2.24. The van der Waals surface area contributed by atoms with Crippen LogP contribution in [-0.2, 0) is 11.2 Å². The molecule has 0 aromatic heterocycles. The van der Waals surface area contributed by atoms with Crippen LogP contribution in [0.5, 0.6) is 0 Å². The number of benzene rings is 1. The van der Waals surface area contributed by atoms with Gasteiger partial charge in [-0.05, 0) is 33.6 Å². The van der Waals surface area contributed by atoms with Gasteiger partial charge in [-0.25, -0.2) is 4.39 Å². The van der Waals surface area contributed by atoms with Gasteiger partial charge in [-0.1, -0.05) is 0 Å². The zero-order valence-corrected chi connectivity index (χ0v) is 8.64. The number of halogens is 2. The van der Waals surface area contributed by atoms with E-state index in [1.165, 1.54) is 12.1 Å². The molecule has 0 heterocycles. The van der Waals surface area contributed by atoms with E-state index in [9.17, 15) is 9.18 Å². The molecule has 1 aromatic carbocycles. The first-order valence-electron chi connectivity index (χ1n) is 3.74. The van der Waals surface area contributed by atoms with Crippen molar-refractivity contribution in [1.82, 2.24) is 0 Å². The molecule has 5 heteroatoms. The standard InChI is InChI=1S/C9H6BrFN2O/c10-7-4-9(13-5-14)6(1-2-12)3-8(7)11/h3-5H,1H2,(H,13,14). The maximum Gasteiger partial charge on any atom is 0.211 e. The largest absolute Gasteiger partial charge is 0.328 e. The Balaban J connectivity index is 3.17. The van der Waals surface area contributed by atoms with Crippen molar-refractivity contribution in [3.63, 3.8) is 0 Å². The number of amides is 1. The van der Waals surface area contributed by atoms with Crippen molar-refractivity contribution >= 4 is 28.0 Å². The summed E-state index contributed by atoms with van der Waals surface area (Å²) in [6, 6.07) is 4.54. The Kier molecular flexibility index (Phi) is 3.60. The highest BCUT2D eigenvalue weighted by atomic mass is 79.9. The minimum Gasteiger partial charge on any atom is -0.328 e. The van der Waals surface area contributed by atoms with E-state index >= 15 is 0 Å². The minimum absolute atomic E-state index is 0.0559. The number of nitrogens with one attached hydrogen (secondary N) is 1. The van der Waals surface area contributed by atoms with E-state index in [1.807, 2.05) is 6.07 Å². The first-order chi connectivity index (χ1) is 6.69. The lowest BCUT2D eigenvalue weighted by Crippen LogP contribution is -1.99. The van der Waals surface area contributed by atoms with Gasteiger partial charge >= 0.3 is 0 Å². The van der Waals surface area contributed by atoms with Crippen LogP contribution in [0.15, 0.2) is 16.6 Å². The molecule has 0 fully saturated rings. The van der Waals surface area contributed by atoms with Crippen LogP contribution in [-0.4, -0.2) is 6.41 Å². The maximum atomic E-state index is 13.1. The fourth-order valence-corrected chi connectivity index (χ4v) is 1.36. The van der Waals surface area contributed by atoms with Crippen LogP contribution in [0.2, 0.25) is 0 Å². The number of hydrogen-bond acceptors (Lipinski definition) is 2. The number of nitrogens with zero attached hydrogens (tertiary/aromatic N) is 1. The monoisotopic (exact) mass is 256 g/mol. The molecule has 0 saturated carbocycles. The molecule has 1 amide bonds. The molecule has 1 aromatic rings. The first-order valence-corrected chi connectivity index (χ1v) is 4.53. The number of rotatable bonds is 3. The average molecular weight is 257 g/mol. The summed E-state index contributed by atoms with van der Waals surface area (Å²) in [4.78, 5) is 10.2. The highest BCUT2D eigenvalue weighted by Gasteiger charge is 2.07. The third kappa shape index (κ3) is 2.30. The summed E-state index contributed by atoms with van der Waals surface area (Å²) < 4.78 is 13.3. The van der Waals surface area contributed by atoms with Gasteiger partial charge in [0.05, 0.1) is 17.0 Å². The molecule has 14 heavy (non-hydrogen) atoms. The van der Waals surface area contributed by atoms with Crippen molar-refractivity contribution in [3.8, 4) is 6.07 Å². The quantitative estimate of drug-likeness (QED) is 0.844. The van der Waals surface area contributed by atoms with Gasteiger partial charge in [0.1, 0.15) is 5.82 Å². The molecule has 0 radical (unpaired) electrons. The summed E-state index contributed by atoms with van der Waals surface area (Å²) in [6.45, 7) is 0. The van der Waals surface area contributed by atoms with Crippen LogP contribution in [0.25, 0.3) is 0 Å². The lowest BCUT2D eigenvalue weighted by molar-refractivity contribution is -0.105. The zero-order chi connectivity index (χ0) is 10.6. The molecule has 0 saturated heterocycles. The van der Waals surface area contributed by atoms with Crippen LogP contribution in [0, 0.1) is 17.1 Å². The Morgan fingerprint density at radius 3 is 2.93 bits per heavy atom. The van der Waals surface area contributed by atoms with E-state index in [0.717, 1.165) is 0 Å². The molecule has 72 valence electrons. The van der Waals surface area contributed by atoms with Gasteiger partial charge in [-0.3, -0.25) is 4.79 Å². The van der Waals surface area contributed by atoms with Crippen LogP contribution >= 0.6 is 15.9 Å². The average Bonchev–Trinajstić information content (AvgIpc) is 2.14. The molecule has 0 atom stereocenters. The minimum atomic E-state index is -0.452.